The Hall–Kier alpha value is -3.44. The number of anilines is 2. The zero-order chi connectivity index (χ0) is 20.6. The maximum Gasteiger partial charge on any atom is 0.268 e. The van der Waals surface area contributed by atoms with E-state index < -0.39 is 11.5 Å². The van der Waals surface area contributed by atoms with Crippen molar-refractivity contribution in [3.63, 3.8) is 0 Å². The van der Waals surface area contributed by atoms with Gasteiger partial charge in [-0.1, -0.05) is 66.2 Å². The van der Waals surface area contributed by atoms with Crippen LogP contribution in [0.2, 0.25) is 0 Å². The summed E-state index contributed by atoms with van der Waals surface area (Å²) < 4.78 is 0. The van der Waals surface area contributed by atoms with Crippen LogP contribution < -0.4 is 10.2 Å². The first-order valence-electron chi connectivity index (χ1n) is 9.47. The summed E-state index contributed by atoms with van der Waals surface area (Å²) in [6, 6.07) is 21.6. The van der Waals surface area contributed by atoms with Gasteiger partial charge in [0.15, 0.2) is 5.60 Å². The summed E-state index contributed by atoms with van der Waals surface area (Å²) in [5.74, 6) is -0.849. The monoisotopic (exact) mass is 386 g/mol. The zero-order valence-electron chi connectivity index (χ0n) is 16.3. The van der Waals surface area contributed by atoms with Crippen molar-refractivity contribution in [2.24, 2.45) is 0 Å². The fourth-order valence-electron chi connectivity index (χ4n) is 3.84. The third kappa shape index (κ3) is 3.19. The number of para-hydroxylation sites is 1. The van der Waals surface area contributed by atoms with Gasteiger partial charge in [-0.25, -0.2) is 0 Å². The standard InChI is InChI=1S/C24H22N2O3/c1-16-12-13-20(17(2)14-16)25-22(27)15-26-21-11-7-6-10-19(21)24(29,23(26)28)18-8-4-3-5-9-18/h3-14,29H,15H2,1-2H3,(H,25,27)/t24-/m0/s1. The number of amides is 2. The van der Waals surface area contributed by atoms with Gasteiger partial charge in [-0.05, 0) is 37.1 Å². The van der Waals surface area contributed by atoms with Crippen LogP contribution in [0.5, 0.6) is 0 Å². The highest BCUT2D eigenvalue weighted by Crippen LogP contribution is 2.44. The Balaban J connectivity index is 1.65. The molecule has 3 aromatic carbocycles. The van der Waals surface area contributed by atoms with Crippen LogP contribution in [-0.2, 0) is 15.2 Å². The number of fused-ring (bicyclic) bond motifs is 1. The number of aliphatic hydroxyl groups is 1. The summed E-state index contributed by atoms with van der Waals surface area (Å²) in [7, 11) is 0. The van der Waals surface area contributed by atoms with Crippen LogP contribution in [0.15, 0.2) is 72.8 Å². The van der Waals surface area contributed by atoms with Gasteiger partial charge in [-0.2, -0.15) is 0 Å². The largest absolute Gasteiger partial charge is 0.372 e. The number of nitrogens with one attached hydrogen (secondary N) is 1. The van der Waals surface area contributed by atoms with E-state index in [1.807, 2.05) is 38.1 Å². The Morgan fingerprint density at radius 2 is 1.69 bits per heavy atom. The molecule has 0 spiro atoms. The van der Waals surface area contributed by atoms with E-state index in [-0.39, 0.29) is 12.5 Å². The highest BCUT2D eigenvalue weighted by atomic mass is 16.3. The Labute approximate surface area is 169 Å². The predicted octanol–water partition coefficient (Wildman–Crippen LogP) is 3.52. The van der Waals surface area contributed by atoms with E-state index in [1.54, 1.807) is 48.5 Å². The SMILES string of the molecule is Cc1ccc(NC(=O)CN2C(=O)[C@](O)(c3ccccc3)c3ccccc32)c(C)c1. The van der Waals surface area contributed by atoms with E-state index in [0.29, 0.717) is 22.5 Å². The van der Waals surface area contributed by atoms with Crippen LogP contribution in [-0.4, -0.2) is 23.5 Å². The molecule has 146 valence electrons. The quantitative estimate of drug-likeness (QED) is 0.721. The molecule has 2 N–H and O–H groups in total. The van der Waals surface area contributed by atoms with Crippen molar-refractivity contribution >= 4 is 23.2 Å². The molecule has 0 radical (unpaired) electrons. The molecule has 3 aromatic rings. The first-order valence-corrected chi connectivity index (χ1v) is 9.47. The number of benzene rings is 3. The van der Waals surface area contributed by atoms with Gasteiger partial charge in [0.2, 0.25) is 5.91 Å². The summed E-state index contributed by atoms with van der Waals surface area (Å²) >= 11 is 0. The Bertz CT molecular complexity index is 1090. The molecule has 5 nitrogen and oxygen atoms in total. The van der Waals surface area contributed by atoms with Crippen molar-refractivity contribution in [2.45, 2.75) is 19.4 Å². The third-order valence-electron chi connectivity index (χ3n) is 5.29. The van der Waals surface area contributed by atoms with Crippen molar-refractivity contribution in [1.29, 1.82) is 0 Å². The van der Waals surface area contributed by atoms with Crippen molar-refractivity contribution in [2.75, 3.05) is 16.8 Å². The summed E-state index contributed by atoms with van der Waals surface area (Å²) in [5.41, 5.74) is 2.46. The second-order valence-electron chi connectivity index (χ2n) is 7.35. The topological polar surface area (TPSA) is 69.6 Å². The van der Waals surface area contributed by atoms with Gasteiger partial charge in [0.05, 0.1) is 5.69 Å². The summed E-state index contributed by atoms with van der Waals surface area (Å²) in [4.78, 5) is 27.4. The van der Waals surface area contributed by atoms with Gasteiger partial charge in [-0.15, -0.1) is 0 Å². The van der Waals surface area contributed by atoms with Gasteiger partial charge in [-0.3, -0.25) is 14.5 Å². The van der Waals surface area contributed by atoms with Crippen LogP contribution >= 0.6 is 0 Å². The molecule has 0 fully saturated rings. The number of carbonyl (C=O) groups is 2. The molecule has 0 bridgehead atoms. The fraction of sp³-hybridized carbons (Fsp3) is 0.167. The Morgan fingerprint density at radius 3 is 2.41 bits per heavy atom. The van der Waals surface area contributed by atoms with E-state index in [2.05, 4.69) is 5.32 Å². The predicted molar refractivity (Wildman–Crippen MR) is 113 cm³/mol. The van der Waals surface area contributed by atoms with Crippen LogP contribution in [0.1, 0.15) is 22.3 Å². The number of nitrogens with zero attached hydrogens (tertiary/aromatic N) is 1. The fourth-order valence-corrected chi connectivity index (χ4v) is 3.84. The highest BCUT2D eigenvalue weighted by molar-refractivity contribution is 6.12. The number of carbonyl (C=O) groups excluding carboxylic acids is 2. The number of hydrogen-bond acceptors (Lipinski definition) is 3. The molecule has 29 heavy (non-hydrogen) atoms. The van der Waals surface area contributed by atoms with Crippen molar-refractivity contribution in [1.82, 2.24) is 0 Å². The molecule has 0 saturated heterocycles. The lowest BCUT2D eigenvalue weighted by molar-refractivity contribution is -0.133. The maximum absolute atomic E-state index is 13.3. The van der Waals surface area contributed by atoms with Crippen LogP contribution in [0.4, 0.5) is 11.4 Å². The van der Waals surface area contributed by atoms with E-state index in [9.17, 15) is 14.7 Å². The van der Waals surface area contributed by atoms with E-state index in [4.69, 9.17) is 0 Å². The number of hydrogen-bond donors (Lipinski definition) is 2. The molecule has 1 atom stereocenters. The lowest BCUT2D eigenvalue weighted by Gasteiger charge is -2.23. The number of aryl methyl sites for hydroxylation is 2. The Morgan fingerprint density at radius 1 is 1.00 bits per heavy atom. The van der Waals surface area contributed by atoms with Crippen LogP contribution in [0, 0.1) is 13.8 Å². The lowest BCUT2D eigenvalue weighted by Crippen LogP contribution is -2.44. The molecule has 4 rings (SSSR count). The Kier molecular flexibility index (Phi) is 4.68. The summed E-state index contributed by atoms with van der Waals surface area (Å²) in [6.07, 6.45) is 0. The van der Waals surface area contributed by atoms with Crippen LogP contribution in [0.25, 0.3) is 0 Å². The third-order valence-corrected chi connectivity index (χ3v) is 5.29. The van der Waals surface area contributed by atoms with Gasteiger partial charge >= 0.3 is 0 Å². The molecule has 0 aromatic heterocycles. The molecule has 5 heteroatoms. The molecular formula is C24H22N2O3. The average molecular weight is 386 g/mol. The second-order valence-corrected chi connectivity index (χ2v) is 7.35. The molecule has 1 aliphatic rings. The minimum atomic E-state index is -1.81. The normalized spacial score (nSPS) is 17.9. The number of rotatable bonds is 4. The second kappa shape index (κ2) is 7.18. The summed E-state index contributed by atoms with van der Waals surface area (Å²) in [6.45, 7) is 3.73. The molecular weight excluding hydrogens is 364 g/mol. The first-order chi connectivity index (χ1) is 13.9. The van der Waals surface area contributed by atoms with Gasteiger partial charge in [0.1, 0.15) is 6.54 Å². The summed E-state index contributed by atoms with van der Waals surface area (Å²) in [5, 5.41) is 14.3. The molecule has 0 aliphatic carbocycles. The maximum atomic E-state index is 13.3. The first kappa shape index (κ1) is 18.9. The van der Waals surface area contributed by atoms with Gasteiger partial charge < -0.3 is 10.4 Å². The van der Waals surface area contributed by atoms with Crippen molar-refractivity contribution < 1.29 is 14.7 Å². The molecule has 2 amide bonds. The molecule has 1 aliphatic heterocycles. The van der Waals surface area contributed by atoms with Crippen LogP contribution in [0.3, 0.4) is 0 Å². The highest BCUT2D eigenvalue weighted by Gasteiger charge is 2.51. The lowest BCUT2D eigenvalue weighted by atomic mass is 9.88. The average Bonchev–Trinajstić information content (AvgIpc) is 2.94. The van der Waals surface area contributed by atoms with Crippen molar-refractivity contribution in [3.8, 4) is 0 Å². The van der Waals surface area contributed by atoms with Gasteiger partial charge in [0, 0.05) is 11.3 Å². The molecule has 0 unspecified atom stereocenters. The zero-order valence-corrected chi connectivity index (χ0v) is 16.3. The van der Waals surface area contributed by atoms with Crippen molar-refractivity contribution in [3.05, 3.63) is 95.1 Å². The molecule has 0 saturated carbocycles. The van der Waals surface area contributed by atoms with E-state index >= 15 is 0 Å². The minimum Gasteiger partial charge on any atom is -0.372 e. The van der Waals surface area contributed by atoms with Gasteiger partial charge in [0.25, 0.3) is 5.91 Å². The van der Waals surface area contributed by atoms with E-state index in [1.165, 1.54) is 4.90 Å². The van der Waals surface area contributed by atoms with E-state index in [0.717, 1.165) is 11.1 Å². The smallest absolute Gasteiger partial charge is 0.268 e. The minimum absolute atomic E-state index is 0.182. The molecule has 1 heterocycles.